The average Bonchev–Trinajstić information content (AvgIpc) is 3.00. The van der Waals surface area contributed by atoms with Crippen LogP contribution >= 0.6 is 15.9 Å². The topological polar surface area (TPSA) is 124 Å². The minimum absolute atomic E-state index is 0.0461. The maximum Gasteiger partial charge on any atom is 0.265 e. The molecule has 3 aromatic rings. The summed E-state index contributed by atoms with van der Waals surface area (Å²) in [6, 6.07) is 15.0. The highest BCUT2D eigenvalue weighted by Gasteiger charge is 2.34. The SMILES string of the molecule is COc1ccc(OC)c(N(CC(=O)N(Cc2cccc(Br)c2)C(C)C(=O)NC(C)C)S(=O)(=O)c2ccc(OC)c(OC)c2)c1. The molecule has 0 aliphatic rings. The van der Waals surface area contributed by atoms with Crippen LogP contribution in [0.4, 0.5) is 5.69 Å². The lowest BCUT2D eigenvalue weighted by Crippen LogP contribution is -2.52. The Morgan fingerprint density at radius 3 is 2.09 bits per heavy atom. The third-order valence-electron chi connectivity index (χ3n) is 6.72. The highest BCUT2D eigenvalue weighted by molar-refractivity contribution is 9.10. The van der Waals surface area contributed by atoms with Gasteiger partial charge in [0.1, 0.15) is 24.1 Å². The second kappa shape index (κ2) is 15.2. The normalized spacial score (nSPS) is 11.8. The monoisotopic (exact) mass is 691 g/mol. The fourth-order valence-electron chi connectivity index (χ4n) is 4.43. The third kappa shape index (κ3) is 8.14. The largest absolute Gasteiger partial charge is 0.497 e. The number of nitrogens with one attached hydrogen (secondary N) is 1. The van der Waals surface area contributed by atoms with Crippen molar-refractivity contribution in [1.82, 2.24) is 10.2 Å². The summed E-state index contributed by atoms with van der Waals surface area (Å²) in [5, 5.41) is 2.84. The highest BCUT2D eigenvalue weighted by Crippen LogP contribution is 2.37. The maximum atomic E-state index is 14.4. The predicted octanol–water partition coefficient (Wildman–Crippen LogP) is 4.62. The number of rotatable bonds is 14. The summed E-state index contributed by atoms with van der Waals surface area (Å²) in [7, 11) is 1.23. The van der Waals surface area contributed by atoms with E-state index in [2.05, 4.69) is 21.2 Å². The van der Waals surface area contributed by atoms with Gasteiger partial charge in [0.05, 0.1) is 39.0 Å². The van der Waals surface area contributed by atoms with E-state index in [0.29, 0.717) is 11.5 Å². The van der Waals surface area contributed by atoms with E-state index in [1.54, 1.807) is 19.1 Å². The van der Waals surface area contributed by atoms with Gasteiger partial charge in [-0.05, 0) is 62.7 Å². The molecule has 44 heavy (non-hydrogen) atoms. The van der Waals surface area contributed by atoms with Gasteiger partial charge < -0.3 is 29.2 Å². The molecule has 1 N–H and O–H groups in total. The van der Waals surface area contributed by atoms with Crippen LogP contribution in [0.2, 0.25) is 0 Å². The van der Waals surface area contributed by atoms with Crippen molar-refractivity contribution < 1.29 is 37.0 Å². The molecule has 0 saturated carbocycles. The van der Waals surface area contributed by atoms with Crippen molar-refractivity contribution >= 4 is 43.5 Å². The standard InChI is InChI=1S/C31H38BrN3O8S/c1-20(2)33-31(37)21(3)34(18-22-9-8-10-23(32)15-22)30(36)19-35(26-16-24(40-4)11-13-27(26)41-5)44(38,39)25-12-14-28(42-6)29(17-25)43-7/h8-17,20-21H,18-19H2,1-7H3,(H,33,37). The van der Waals surface area contributed by atoms with E-state index in [-0.39, 0.29) is 40.6 Å². The van der Waals surface area contributed by atoms with Gasteiger partial charge in [-0.1, -0.05) is 28.1 Å². The van der Waals surface area contributed by atoms with Crippen molar-refractivity contribution in [1.29, 1.82) is 0 Å². The molecule has 0 heterocycles. The molecule has 0 aliphatic carbocycles. The Morgan fingerprint density at radius 2 is 1.50 bits per heavy atom. The first-order valence-electron chi connectivity index (χ1n) is 13.7. The molecule has 13 heteroatoms. The number of sulfonamides is 1. The van der Waals surface area contributed by atoms with Crippen LogP contribution in [0.1, 0.15) is 26.3 Å². The molecule has 0 aromatic heterocycles. The van der Waals surface area contributed by atoms with Gasteiger partial charge in [-0.25, -0.2) is 8.42 Å². The molecule has 1 unspecified atom stereocenters. The van der Waals surface area contributed by atoms with Gasteiger partial charge in [0, 0.05) is 29.2 Å². The number of benzene rings is 3. The van der Waals surface area contributed by atoms with E-state index < -0.39 is 28.5 Å². The summed E-state index contributed by atoms with van der Waals surface area (Å²) in [4.78, 5) is 28.5. The zero-order chi connectivity index (χ0) is 32.6. The highest BCUT2D eigenvalue weighted by atomic mass is 79.9. The van der Waals surface area contributed by atoms with Crippen LogP contribution in [-0.4, -0.2) is 72.2 Å². The van der Waals surface area contributed by atoms with E-state index in [1.807, 2.05) is 38.1 Å². The number of carbonyl (C=O) groups is 2. The first-order valence-corrected chi connectivity index (χ1v) is 15.9. The first-order chi connectivity index (χ1) is 20.9. The molecule has 1 atom stereocenters. The Labute approximate surface area is 267 Å². The van der Waals surface area contributed by atoms with E-state index >= 15 is 0 Å². The van der Waals surface area contributed by atoms with Crippen LogP contribution in [0.15, 0.2) is 70.0 Å². The van der Waals surface area contributed by atoms with Crippen LogP contribution < -0.4 is 28.6 Å². The van der Waals surface area contributed by atoms with Gasteiger partial charge >= 0.3 is 0 Å². The van der Waals surface area contributed by atoms with Crippen molar-refractivity contribution in [3.63, 3.8) is 0 Å². The number of methoxy groups -OCH3 is 4. The molecule has 0 aliphatic heterocycles. The molecular formula is C31H38BrN3O8S. The molecule has 0 bridgehead atoms. The molecule has 238 valence electrons. The number of amides is 2. The van der Waals surface area contributed by atoms with Gasteiger partial charge in [-0.15, -0.1) is 0 Å². The van der Waals surface area contributed by atoms with Crippen molar-refractivity contribution in [2.24, 2.45) is 0 Å². The Kier molecular flexibility index (Phi) is 11.9. The zero-order valence-electron chi connectivity index (χ0n) is 25.8. The zero-order valence-corrected chi connectivity index (χ0v) is 28.2. The van der Waals surface area contributed by atoms with Gasteiger partial charge in [0.2, 0.25) is 11.8 Å². The van der Waals surface area contributed by atoms with Gasteiger partial charge in [-0.2, -0.15) is 0 Å². The molecule has 0 fully saturated rings. The van der Waals surface area contributed by atoms with Crippen molar-refractivity contribution in [2.75, 3.05) is 39.3 Å². The minimum Gasteiger partial charge on any atom is -0.497 e. The number of hydrogen-bond donors (Lipinski definition) is 1. The van der Waals surface area contributed by atoms with E-state index in [4.69, 9.17) is 18.9 Å². The van der Waals surface area contributed by atoms with Crippen molar-refractivity contribution in [3.8, 4) is 23.0 Å². The fraction of sp³-hybridized carbons (Fsp3) is 0.355. The number of nitrogens with zero attached hydrogens (tertiary/aromatic N) is 2. The molecule has 3 rings (SSSR count). The number of halogens is 1. The Hall–Kier alpha value is -3.97. The Morgan fingerprint density at radius 1 is 0.841 bits per heavy atom. The van der Waals surface area contributed by atoms with Gasteiger partial charge in [-0.3, -0.25) is 13.9 Å². The summed E-state index contributed by atoms with van der Waals surface area (Å²) in [6.45, 7) is 4.63. The second-order valence-electron chi connectivity index (χ2n) is 10.1. The molecule has 11 nitrogen and oxygen atoms in total. The molecule has 0 spiro atoms. The molecule has 3 aromatic carbocycles. The van der Waals surface area contributed by atoms with E-state index in [1.165, 1.54) is 57.6 Å². The number of anilines is 1. The molecule has 0 saturated heterocycles. The number of carbonyl (C=O) groups excluding carboxylic acids is 2. The summed E-state index contributed by atoms with van der Waals surface area (Å²) < 4.78 is 52.0. The number of ether oxygens (including phenoxy) is 4. The smallest absolute Gasteiger partial charge is 0.265 e. The van der Waals surface area contributed by atoms with Gasteiger partial charge in [0.25, 0.3) is 10.0 Å². The average molecular weight is 693 g/mol. The van der Waals surface area contributed by atoms with Crippen molar-refractivity contribution in [3.05, 3.63) is 70.7 Å². The van der Waals surface area contributed by atoms with Crippen LogP contribution in [0, 0.1) is 0 Å². The van der Waals surface area contributed by atoms with Crippen LogP contribution in [0.3, 0.4) is 0 Å². The summed E-state index contributed by atoms with van der Waals surface area (Å²) >= 11 is 3.45. The lowest BCUT2D eigenvalue weighted by Gasteiger charge is -2.32. The van der Waals surface area contributed by atoms with Crippen LogP contribution in [0.25, 0.3) is 0 Å². The van der Waals surface area contributed by atoms with Crippen molar-refractivity contribution in [2.45, 2.75) is 44.3 Å². The summed E-state index contributed by atoms with van der Waals surface area (Å²) in [6.07, 6.45) is 0. The van der Waals surface area contributed by atoms with Crippen LogP contribution in [0.5, 0.6) is 23.0 Å². The number of hydrogen-bond acceptors (Lipinski definition) is 8. The lowest BCUT2D eigenvalue weighted by molar-refractivity contribution is -0.139. The quantitative estimate of drug-likeness (QED) is 0.260. The lowest BCUT2D eigenvalue weighted by atomic mass is 10.1. The molecule has 2 amide bonds. The first kappa shape index (κ1) is 34.5. The Bertz CT molecular complexity index is 1580. The molecular weight excluding hydrogens is 654 g/mol. The third-order valence-corrected chi connectivity index (χ3v) is 8.97. The van der Waals surface area contributed by atoms with Gasteiger partial charge in [0.15, 0.2) is 11.5 Å². The van der Waals surface area contributed by atoms with Crippen LogP contribution in [-0.2, 0) is 26.2 Å². The minimum atomic E-state index is -4.44. The Balaban J connectivity index is 2.18. The van der Waals surface area contributed by atoms with E-state index in [9.17, 15) is 18.0 Å². The predicted molar refractivity (Wildman–Crippen MR) is 171 cm³/mol. The summed E-state index contributed by atoms with van der Waals surface area (Å²) in [5.74, 6) is 0.0519. The maximum absolute atomic E-state index is 14.4. The van der Waals surface area contributed by atoms with E-state index in [0.717, 1.165) is 14.3 Å². The second-order valence-corrected chi connectivity index (χ2v) is 12.8. The molecule has 0 radical (unpaired) electrons. The fourth-order valence-corrected chi connectivity index (χ4v) is 6.31. The summed E-state index contributed by atoms with van der Waals surface area (Å²) in [5.41, 5.74) is 0.807.